The monoisotopic (exact) mass is 273 g/mol. The van der Waals surface area contributed by atoms with E-state index in [0.29, 0.717) is 4.47 Å². The Kier molecular flexibility index (Phi) is 3.46. The van der Waals surface area contributed by atoms with Crippen molar-refractivity contribution in [3.8, 4) is 0 Å². The molecule has 0 radical (unpaired) electrons. The maximum Gasteiger partial charge on any atom is 0.270 e. The lowest BCUT2D eigenvalue weighted by molar-refractivity contribution is -0.385. The fraction of sp³-hybridized carbons (Fsp3) is 0.400. The van der Waals surface area contributed by atoms with Gasteiger partial charge in [0.2, 0.25) is 0 Å². The number of aliphatic hydroxyl groups excluding tert-OH is 1. The van der Waals surface area contributed by atoms with E-state index in [-0.39, 0.29) is 12.3 Å². The fourth-order valence-electron chi connectivity index (χ4n) is 1.16. The maximum absolute atomic E-state index is 10.6. The van der Waals surface area contributed by atoms with Gasteiger partial charge in [-0.1, -0.05) is 29.8 Å². The molecule has 0 saturated heterocycles. The van der Waals surface area contributed by atoms with E-state index in [1.807, 2.05) is 13.8 Å². The topological polar surface area (TPSA) is 63.4 Å². The van der Waals surface area contributed by atoms with Gasteiger partial charge in [-0.2, -0.15) is 0 Å². The number of nitro benzene ring substituents is 1. The summed E-state index contributed by atoms with van der Waals surface area (Å²) in [4.78, 5) is 10.2. The molecule has 0 aliphatic carbocycles. The lowest BCUT2D eigenvalue weighted by Gasteiger charge is -2.22. The molecular formula is C10H12BrNO3. The van der Waals surface area contributed by atoms with Crippen molar-refractivity contribution in [1.82, 2.24) is 0 Å². The van der Waals surface area contributed by atoms with Gasteiger partial charge in [-0.15, -0.1) is 0 Å². The molecule has 0 saturated carbocycles. The van der Waals surface area contributed by atoms with Crippen LogP contribution in [0.5, 0.6) is 0 Å². The zero-order valence-corrected chi connectivity index (χ0v) is 10.1. The molecule has 0 atom stereocenters. The third-order valence-electron chi connectivity index (χ3n) is 2.27. The largest absolute Gasteiger partial charge is 0.395 e. The Morgan fingerprint density at radius 1 is 1.47 bits per heavy atom. The van der Waals surface area contributed by atoms with Crippen LogP contribution in [-0.4, -0.2) is 16.6 Å². The number of nitro groups is 1. The summed E-state index contributed by atoms with van der Waals surface area (Å²) < 4.78 is 0.647. The zero-order valence-electron chi connectivity index (χ0n) is 8.53. The highest BCUT2D eigenvalue weighted by atomic mass is 79.9. The van der Waals surface area contributed by atoms with Crippen LogP contribution in [0.15, 0.2) is 22.7 Å². The first-order chi connectivity index (χ1) is 6.86. The van der Waals surface area contributed by atoms with E-state index in [2.05, 4.69) is 15.9 Å². The summed E-state index contributed by atoms with van der Waals surface area (Å²) >= 11 is 3.22. The van der Waals surface area contributed by atoms with E-state index < -0.39 is 10.3 Å². The zero-order chi connectivity index (χ0) is 11.6. The van der Waals surface area contributed by atoms with Crippen LogP contribution in [0, 0.1) is 10.1 Å². The van der Waals surface area contributed by atoms with Gasteiger partial charge in [0.05, 0.1) is 11.5 Å². The molecule has 82 valence electrons. The van der Waals surface area contributed by atoms with Crippen LogP contribution < -0.4 is 0 Å². The predicted molar refractivity (Wildman–Crippen MR) is 60.9 cm³/mol. The smallest absolute Gasteiger partial charge is 0.270 e. The molecule has 0 spiro atoms. The molecule has 0 fully saturated rings. The minimum atomic E-state index is -0.478. The standard InChI is InChI=1S/C10H12BrNO3/c1-10(2,6-13)7-3-8(11)5-9(4-7)12(14)15/h3-5,13H,6H2,1-2H3. The highest BCUT2D eigenvalue weighted by molar-refractivity contribution is 9.10. The Labute approximate surface area is 96.2 Å². The molecule has 15 heavy (non-hydrogen) atoms. The second-order valence-corrected chi connectivity index (χ2v) is 4.91. The van der Waals surface area contributed by atoms with Gasteiger partial charge in [0.25, 0.3) is 5.69 Å². The summed E-state index contributed by atoms with van der Waals surface area (Å²) in [6.07, 6.45) is 0. The lowest BCUT2D eigenvalue weighted by Crippen LogP contribution is -2.22. The summed E-state index contributed by atoms with van der Waals surface area (Å²) in [5.74, 6) is 0. The average molecular weight is 274 g/mol. The fourth-order valence-corrected chi connectivity index (χ4v) is 1.64. The van der Waals surface area contributed by atoms with E-state index >= 15 is 0 Å². The van der Waals surface area contributed by atoms with Crippen molar-refractivity contribution in [3.05, 3.63) is 38.3 Å². The Balaban J connectivity index is 3.26. The average Bonchev–Trinajstić information content (AvgIpc) is 2.16. The van der Waals surface area contributed by atoms with E-state index in [9.17, 15) is 15.2 Å². The Hall–Kier alpha value is -0.940. The summed E-state index contributed by atoms with van der Waals surface area (Å²) in [6.45, 7) is 3.61. The third kappa shape index (κ3) is 2.76. The second kappa shape index (κ2) is 4.28. The van der Waals surface area contributed by atoms with E-state index in [1.54, 1.807) is 6.07 Å². The summed E-state index contributed by atoms with van der Waals surface area (Å²) in [5, 5.41) is 19.8. The van der Waals surface area contributed by atoms with Crippen LogP contribution in [0.1, 0.15) is 19.4 Å². The van der Waals surface area contributed by atoms with Gasteiger partial charge in [0, 0.05) is 22.0 Å². The molecule has 4 nitrogen and oxygen atoms in total. The molecule has 0 amide bonds. The molecule has 1 aromatic carbocycles. The number of rotatable bonds is 3. The van der Waals surface area contributed by atoms with Crippen molar-refractivity contribution in [2.45, 2.75) is 19.3 Å². The summed E-state index contributed by atoms with van der Waals surface area (Å²) in [7, 11) is 0. The molecule has 5 heteroatoms. The van der Waals surface area contributed by atoms with E-state index in [0.717, 1.165) is 5.56 Å². The molecule has 0 aliphatic rings. The third-order valence-corrected chi connectivity index (χ3v) is 2.73. The minimum Gasteiger partial charge on any atom is -0.395 e. The van der Waals surface area contributed by atoms with Crippen LogP contribution in [0.2, 0.25) is 0 Å². The van der Waals surface area contributed by atoms with E-state index in [4.69, 9.17) is 0 Å². The first-order valence-electron chi connectivity index (χ1n) is 4.43. The van der Waals surface area contributed by atoms with Crippen molar-refractivity contribution in [1.29, 1.82) is 0 Å². The quantitative estimate of drug-likeness (QED) is 0.680. The van der Waals surface area contributed by atoms with E-state index in [1.165, 1.54) is 12.1 Å². The number of hydrogen-bond donors (Lipinski definition) is 1. The van der Waals surface area contributed by atoms with Gasteiger partial charge in [0.15, 0.2) is 0 Å². The van der Waals surface area contributed by atoms with Crippen molar-refractivity contribution in [2.24, 2.45) is 0 Å². The first-order valence-corrected chi connectivity index (χ1v) is 5.22. The number of aliphatic hydroxyl groups is 1. The molecule has 0 aliphatic heterocycles. The van der Waals surface area contributed by atoms with Crippen LogP contribution in [0.25, 0.3) is 0 Å². The molecule has 0 unspecified atom stereocenters. The van der Waals surface area contributed by atoms with Gasteiger partial charge < -0.3 is 5.11 Å². The van der Waals surface area contributed by atoms with Crippen LogP contribution in [0.4, 0.5) is 5.69 Å². The Morgan fingerprint density at radius 3 is 2.53 bits per heavy atom. The molecule has 0 aromatic heterocycles. The molecule has 0 bridgehead atoms. The molecule has 1 N–H and O–H groups in total. The van der Waals surface area contributed by atoms with Crippen molar-refractivity contribution in [3.63, 3.8) is 0 Å². The molecular weight excluding hydrogens is 262 g/mol. The first kappa shape index (κ1) is 12.1. The van der Waals surface area contributed by atoms with Crippen LogP contribution in [-0.2, 0) is 5.41 Å². The summed E-state index contributed by atoms with van der Waals surface area (Å²) in [5.41, 5.74) is 0.293. The number of hydrogen-bond acceptors (Lipinski definition) is 3. The lowest BCUT2D eigenvalue weighted by atomic mass is 9.85. The highest BCUT2D eigenvalue weighted by Gasteiger charge is 2.22. The van der Waals surface area contributed by atoms with Gasteiger partial charge >= 0.3 is 0 Å². The molecule has 1 rings (SSSR count). The SMILES string of the molecule is CC(C)(CO)c1cc(Br)cc([N+](=O)[O-])c1. The Morgan fingerprint density at radius 2 is 2.07 bits per heavy atom. The number of benzene rings is 1. The number of nitrogens with zero attached hydrogens (tertiary/aromatic N) is 1. The van der Waals surface area contributed by atoms with Gasteiger partial charge in [-0.25, -0.2) is 0 Å². The van der Waals surface area contributed by atoms with Gasteiger partial charge in [0.1, 0.15) is 0 Å². The summed E-state index contributed by atoms with van der Waals surface area (Å²) in [6, 6.07) is 4.71. The van der Waals surface area contributed by atoms with Gasteiger partial charge in [-0.3, -0.25) is 10.1 Å². The van der Waals surface area contributed by atoms with Crippen molar-refractivity contribution < 1.29 is 10.0 Å². The highest BCUT2D eigenvalue weighted by Crippen LogP contribution is 2.29. The maximum atomic E-state index is 10.6. The van der Waals surface area contributed by atoms with Crippen molar-refractivity contribution in [2.75, 3.05) is 6.61 Å². The number of halogens is 1. The Bertz CT molecular complexity index is 390. The minimum absolute atomic E-state index is 0.0286. The number of non-ortho nitro benzene ring substituents is 1. The van der Waals surface area contributed by atoms with Gasteiger partial charge in [-0.05, 0) is 11.6 Å². The van der Waals surface area contributed by atoms with Crippen LogP contribution >= 0.6 is 15.9 Å². The van der Waals surface area contributed by atoms with Crippen molar-refractivity contribution >= 4 is 21.6 Å². The second-order valence-electron chi connectivity index (χ2n) is 4.00. The predicted octanol–water partition coefficient (Wildman–Crippen LogP) is 2.63. The van der Waals surface area contributed by atoms with Crippen LogP contribution in [0.3, 0.4) is 0 Å². The molecule has 0 heterocycles. The molecule has 1 aromatic rings. The normalized spacial score (nSPS) is 11.5.